The first kappa shape index (κ1) is 23.7. The van der Waals surface area contributed by atoms with Crippen molar-refractivity contribution in [2.75, 3.05) is 6.61 Å². The van der Waals surface area contributed by atoms with Crippen molar-refractivity contribution < 1.29 is 34.1 Å². The number of carbonyl (C=O) groups excluding carboxylic acids is 3. The quantitative estimate of drug-likeness (QED) is 0.634. The zero-order valence-electron chi connectivity index (χ0n) is 19.8. The molecule has 7 nitrogen and oxygen atoms in total. The number of hydrogen-bond donors (Lipinski definition) is 2. The molecule has 0 radical (unpaired) electrons. The van der Waals surface area contributed by atoms with Crippen molar-refractivity contribution in [3.05, 3.63) is 0 Å². The molecule has 8 unspecified atom stereocenters. The number of carbonyl (C=O) groups is 3. The lowest BCUT2D eigenvalue weighted by Crippen LogP contribution is -2.69. The predicted octanol–water partition coefficient (Wildman–Crippen LogP) is 2.94. The van der Waals surface area contributed by atoms with Crippen LogP contribution in [0.2, 0.25) is 0 Å². The molecular formula is C25H38O7. The number of rotatable bonds is 4. The summed E-state index contributed by atoms with van der Waals surface area (Å²) in [5.74, 6) is -0.829. The fourth-order valence-corrected chi connectivity index (χ4v) is 8.50. The second-order valence-corrected chi connectivity index (χ2v) is 11.3. The Hall–Kier alpha value is -1.47. The fraction of sp³-hybridized carbons (Fsp3) is 0.880. The van der Waals surface area contributed by atoms with Crippen LogP contribution in [0.3, 0.4) is 0 Å². The molecule has 0 saturated heterocycles. The Balaban J connectivity index is 1.71. The summed E-state index contributed by atoms with van der Waals surface area (Å²) in [6.07, 6.45) is 5.00. The second-order valence-electron chi connectivity index (χ2n) is 11.3. The van der Waals surface area contributed by atoms with E-state index in [0.717, 1.165) is 6.42 Å². The van der Waals surface area contributed by atoms with Crippen LogP contribution in [0.1, 0.15) is 85.5 Å². The van der Waals surface area contributed by atoms with Gasteiger partial charge in [0.25, 0.3) is 0 Å². The van der Waals surface area contributed by atoms with E-state index in [1.54, 1.807) is 6.92 Å². The average Bonchev–Trinajstić information content (AvgIpc) is 2.97. The Labute approximate surface area is 190 Å². The molecule has 0 heterocycles. The minimum atomic E-state index is -1.13. The molecule has 0 aliphatic heterocycles. The molecule has 8 atom stereocenters. The zero-order valence-corrected chi connectivity index (χ0v) is 19.8. The molecule has 4 rings (SSSR count). The SMILES string of the molecule is CC(=O)OCC12CCC(OC(C)=O)CC1(O)CCC1C2CCC2(C)C(C(C)=O)CCC12O. The van der Waals surface area contributed by atoms with Gasteiger partial charge in [0.1, 0.15) is 11.9 Å². The summed E-state index contributed by atoms with van der Waals surface area (Å²) in [5.41, 5.74) is -3.26. The van der Waals surface area contributed by atoms with Gasteiger partial charge in [0, 0.05) is 37.0 Å². The van der Waals surface area contributed by atoms with Crippen molar-refractivity contribution in [1.29, 1.82) is 0 Å². The van der Waals surface area contributed by atoms with Gasteiger partial charge in [-0.05, 0) is 70.1 Å². The van der Waals surface area contributed by atoms with Crippen molar-refractivity contribution in [3.8, 4) is 0 Å². The second kappa shape index (κ2) is 7.79. The highest BCUT2D eigenvalue weighted by molar-refractivity contribution is 5.80. The molecule has 0 aromatic carbocycles. The van der Waals surface area contributed by atoms with E-state index in [4.69, 9.17) is 9.47 Å². The first-order valence-corrected chi connectivity index (χ1v) is 12.1. The molecule has 7 heteroatoms. The first-order valence-electron chi connectivity index (χ1n) is 12.1. The third-order valence-corrected chi connectivity index (χ3v) is 9.99. The van der Waals surface area contributed by atoms with Crippen molar-refractivity contribution in [3.63, 3.8) is 0 Å². The van der Waals surface area contributed by atoms with Gasteiger partial charge in [0.15, 0.2) is 0 Å². The zero-order chi connectivity index (χ0) is 23.5. The highest BCUT2D eigenvalue weighted by Gasteiger charge is 2.71. The predicted molar refractivity (Wildman–Crippen MR) is 115 cm³/mol. The molecule has 4 aliphatic rings. The minimum absolute atomic E-state index is 0.0253. The van der Waals surface area contributed by atoms with E-state index in [0.29, 0.717) is 51.4 Å². The van der Waals surface area contributed by atoms with E-state index in [1.807, 2.05) is 0 Å². The Morgan fingerprint density at radius 2 is 1.56 bits per heavy atom. The normalized spacial score (nSPS) is 47.6. The highest BCUT2D eigenvalue weighted by atomic mass is 16.5. The lowest BCUT2D eigenvalue weighted by Gasteiger charge is -2.66. The Kier molecular flexibility index (Phi) is 5.77. The summed E-state index contributed by atoms with van der Waals surface area (Å²) >= 11 is 0. The standard InChI is InChI=1S/C25H38O7/c1-15(26)19-8-12-25(30)21-7-11-24(29)13-18(32-17(3)28)5-10-23(24,14-31-16(2)27)20(21)6-9-22(19,25)4/h18-21,29-30H,5-14H2,1-4H3. The van der Waals surface area contributed by atoms with E-state index in [9.17, 15) is 24.6 Å². The molecule has 180 valence electrons. The van der Waals surface area contributed by atoms with Gasteiger partial charge in [0.2, 0.25) is 0 Å². The maximum atomic E-state index is 12.4. The topological polar surface area (TPSA) is 110 Å². The number of Topliss-reactive ketones (excluding diaryl/α,β-unsaturated/α-hetero) is 1. The van der Waals surface area contributed by atoms with Gasteiger partial charge in [0.05, 0.1) is 17.8 Å². The number of ether oxygens (including phenoxy) is 2. The number of esters is 2. The van der Waals surface area contributed by atoms with E-state index in [2.05, 4.69) is 6.92 Å². The van der Waals surface area contributed by atoms with Crippen LogP contribution < -0.4 is 0 Å². The van der Waals surface area contributed by atoms with Crippen LogP contribution in [-0.2, 0) is 23.9 Å². The molecule has 0 amide bonds. The van der Waals surface area contributed by atoms with Gasteiger partial charge >= 0.3 is 11.9 Å². The average molecular weight is 451 g/mol. The molecule has 0 aromatic heterocycles. The summed E-state index contributed by atoms with van der Waals surface area (Å²) in [5, 5.41) is 24.1. The van der Waals surface area contributed by atoms with Crippen LogP contribution >= 0.6 is 0 Å². The van der Waals surface area contributed by atoms with Gasteiger partial charge in [-0.25, -0.2) is 0 Å². The number of aliphatic hydroxyl groups is 2. The van der Waals surface area contributed by atoms with E-state index < -0.39 is 22.0 Å². The summed E-state index contributed by atoms with van der Waals surface area (Å²) in [6, 6.07) is 0. The Morgan fingerprint density at radius 3 is 2.19 bits per heavy atom. The molecule has 4 fully saturated rings. The molecule has 2 N–H and O–H groups in total. The summed E-state index contributed by atoms with van der Waals surface area (Å²) in [6.45, 7) is 6.56. The summed E-state index contributed by atoms with van der Waals surface area (Å²) in [4.78, 5) is 35.7. The lowest BCUT2D eigenvalue weighted by atomic mass is 9.41. The van der Waals surface area contributed by atoms with E-state index in [1.165, 1.54) is 13.8 Å². The van der Waals surface area contributed by atoms with Crippen LogP contribution in [0.15, 0.2) is 0 Å². The monoisotopic (exact) mass is 450 g/mol. The molecular weight excluding hydrogens is 412 g/mol. The number of fused-ring (bicyclic) bond motifs is 5. The van der Waals surface area contributed by atoms with Crippen molar-refractivity contribution >= 4 is 17.7 Å². The van der Waals surface area contributed by atoms with Gasteiger partial charge in [-0.2, -0.15) is 0 Å². The van der Waals surface area contributed by atoms with Crippen molar-refractivity contribution in [2.45, 2.75) is 103 Å². The highest BCUT2D eigenvalue weighted by Crippen LogP contribution is 2.70. The fourth-order valence-electron chi connectivity index (χ4n) is 8.50. The molecule has 32 heavy (non-hydrogen) atoms. The molecule has 0 aromatic rings. The van der Waals surface area contributed by atoms with Crippen LogP contribution in [0.25, 0.3) is 0 Å². The van der Waals surface area contributed by atoms with Crippen molar-refractivity contribution in [2.24, 2.45) is 28.6 Å². The minimum Gasteiger partial charge on any atom is -0.465 e. The van der Waals surface area contributed by atoms with Crippen LogP contribution in [0, 0.1) is 28.6 Å². The van der Waals surface area contributed by atoms with Gasteiger partial charge in [-0.15, -0.1) is 0 Å². The number of hydrogen-bond acceptors (Lipinski definition) is 7. The van der Waals surface area contributed by atoms with Gasteiger partial charge < -0.3 is 19.7 Å². The van der Waals surface area contributed by atoms with Crippen molar-refractivity contribution in [1.82, 2.24) is 0 Å². The van der Waals surface area contributed by atoms with Crippen LogP contribution in [-0.4, -0.2) is 51.8 Å². The van der Waals surface area contributed by atoms with Gasteiger partial charge in [-0.3, -0.25) is 14.4 Å². The van der Waals surface area contributed by atoms with E-state index in [-0.39, 0.29) is 48.2 Å². The molecule has 4 aliphatic carbocycles. The third kappa shape index (κ3) is 3.25. The Morgan fingerprint density at radius 1 is 0.875 bits per heavy atom. The maximum Gasteiger partial charge on any atom is 0.302 e. The summed E-state index contributed by atoms with van der Waals surface area (Å²) < 4.78 is 11.0. The first-order chi connectivity index (χ1) is 14.9. The van der Waals surface area contributed by atoms with Crippen LogP contribution in [0.5, 0.6) is 0 Å². The van der Waals surface area contributed by atoms with Gasteiger partial charge in [-0.1, -0.05) is 6.92 Å². The third-order valence-electron chi connectivity index (χ3n) is 9.99. The summed E-state index contributed by atoms with van der Waals surface area (Å²) in [7, 11) is 0. The smallest absolute Gasteiger partial charge is 0.302 e. The molecule has 0 spiro atoms. The number of ketones is 1. The van der Waals surface area contributed by atoms with E-state index >= 15 is 0 Å². The largest absolute Gasteiger partial charge is 0.465 e. The molecule has 4 saturated carbocycles. The lowest BCUT2D eigenvalue weighted by molar-refractivity contribution is -0.272. The van der Waals surface area contributed by atoms with Crippen LogP contribution in [0.4, 0.5) is 0 Å². The molecule has 0 bridgehead atoms. The maximum absolute atomic E-state index is 12.4. The Bertz CT molecular complexity index is 810.